The van der Waals surface area contributed by atoms with E-state index in [1.165, 1.54) is 12.8 Å². The molecule has 4 atom stereocenters. The van der Waals surface area contributed by atoms with Crippen molar-refractivity contribution in [2.45, 2.75) is 71.6 Å². The Morgan fingerprint density at radius 2 is 1.88 bits per heavy atom. The van der Waals surface area contributed by atoms with Crippen molar-refractivity contribution in [3.05, 3.63) is 0 Å². The van der Waals surface area contributed by atoms with Gasteiger partial charge >= 0.3 is 0 Å². The summed E-state index contributed by atoms with van der Waals surface area (Å²) >= 11 is 0. The molecule has 0 bridgehead atoms. The molecule has 0 spiro atoms. The fourth-order valence-electron chi connectivity index (χ4n) is 2.82. The molecular formula is C14H29NO. The number of hydrogen-bond donors (Lipinski definition) is 1. The van der Waals surface area contributed by atoms with Crippen LogP contribution in [0.4, 0.5) is 0 Å². The van der Waals surface area contributed by atoms with Gasteiger partial charge in [0.1, 0.15) is 0 Å². The first-order valence-corrected chi connectivity index (χ1v) is 6.87. The highest BCUT2D eigenvalue weighted by Crippen LogP contribution is 2.33. The van der Waals surface area contributed by atoms with Crippen LogP contribution in [0.3, 0.4) is 0 Å². The van der Waals surface area contributed by atoms with E-state index in [0.717, 1.165) is 24.7 Å². The highest BCUT2D eigenvalue weighted by molar-refractivity contribution is 4.88. The monoisotopic (exact) mass is 227 g/mol. The highest BCUT2D eigenvalue weighted by Gasteiger charge is 2.34. The summed E-state index contributed by atoms with van der Waals surface area (Å²) in [5.41, 5.74) is 0. The van der Waals surface area contributed by atoms with Crippen molar-refractivity contribution in [1.82, 2.24) is 4.90 Å². The highest BCUT2D eigenvalue weighted by atomic mass is 16.3. The van der Waals surface area contributed by atoms with Gasteiger partial charge in [-0.15, -0.1) is 0 Å². The Morgan fingerprint density at radius 1 is 1.25 bits per heavy atom. The van der Waals surface area contributed by atoms with Gasteiger partial charge in [0.05, 0.1) is 6.10 Å². The average molecular weight is 227 g/mol. The van der Waals surface area contributed by atoms with Gasteiger partial charge in [-0.3, -0.25) is 4.90 Å². The molecule has 16 heavy (non-hydrogen) atoms. The molecule has 2 nitrogen and oxygen atoms in total. The number of aliphatic hydroxyl groups excluding tert-OH is 1. The molecule has 1 aliphatic rings. The minimum Gasteiger partial charge on any atom is -0.391 e. The van der Waals surface area contributed by atoms with Crippen LogP contribution >= 0.6 is 0 Å². The van der Waals surface area contributed by atoms with Crippen molar-refractivity contribution in [1.29, 1.82) is 0 Å². The van der Waals surface area contributed by atoms with Crippen LogP contribution in [0.25, 0.3) is 0 Å². The van der Waals surface area contributed by atoms with Crippen LogP contribution in [0, 0.1) is 11.8 Å². The zero-order chi connectivity index (χ0) is 12.3. The van der Waals surface area contributed by atoms with Crippen molar-refractivity contribution in [2.75, 3.05) is 7.05 Å². The fraction of sp³-hybridized carbons (Fsp3) is 1.00. The van der Waals surface area contributed by atoms with Gasteiger partial charge < -0.3 is 5.11 Å². The number of nitrogens with zero attached hydrogens (tertiary/aromatic N) is 1. The maximum Gasteiger partial charge on any atom is 0.0695 e. The minimum atomic E-state index is -0.117. The first kappa shape index (κ1) is 14.0. The van der Waals surface area contributed by atoms with Crippen LogP contribution in [0.5, 0.6) is 0 Å². The molecule has 1 N–H and O–H groups in total. The minimum absolute atomic E-state index is 0.117. The predicted octanol–water partition coefficient (Wildman–Crippen LogP) is 2.90. The Morgan fingerprint density at radius 3 is 2.38 bits per heavy atom. The van der Waals surface area contributed by atoms with E-state index in [-0.39, 0.29) is 6.10 Å². The molecule has 2 heteroatoms. The number of hydrogen-bond acceptors (Lipinski definition) is 2. The van der Waals surface area contributed by atoms with Gasteiger partial charge in [0.2, 0.25) is 0 Å². The number of aliphatic hydroxyl groups is 1. The maximum absolute atomic E-state index is 10.1. The molecule has 0 aromatic rings. The van der Waals surface area contributed by atoms with Crippen LogP contribution in [0.15, 0.2) is 0 Å². The van der Waals surface area contributed by atoms with E-state index in [4.69, 9.17) is 0 Å². The molecule has 1 fully saturated rings. The number of rotatable bonds is 4. The Kier molecular flexibility index (Phi) is 5.26. The van der Waals surface area contributed by atoms with Gasteiger partial charge in [-0.05, 0) is 51.5 Å². The lowest BCUT2D eigenvalue weighted by atomic mass is 9.77. The molecule has 0 aromatic carbocycles. The molecule has 0 aromatic heterocycles. The standard InChI is InChI=1S/C14H29NO/c1-6-11(4)15(5)13-9-12(10(2)3)7-8-14(13)16/h10-14,16H,6-9H2,1-5H3. The molecule has 96 valence electrons. The molecule has 1 aliphatic carbocycles. The Balaban J connectivity index is 2.62. The summed E-state index contributed by atoms with van der Waals surface area (Å²) < 4.78 is 0. The maximum atomic E-state index is 10.1. The summed E-state index contributed by atoms with van der Waals surface area (Å²) in [5.74, 6) is 1.54. The third kappa shape index (κ3) is 3.21. The molecule has 0 saturated heterocycles. The van der Waals surface area contributed by atoms with Crippen LogP contribution in [0.2, 0.25) is 0 Å². The van der Waals surface area contributed by atoms with Crippen molar-refractivity contribution in [3.8, 4) is 0 Å². The molecule has 1 rings (SSSR count). The van der Waals surface area contributed by atoms with E-state index in [0.29, 0.717) is 12.1 Å². The molecular weight excluding hydrogens is 198 g/mol. The van der Waals surface area contributed by atoms with Crippen molar-refractivity contribution in [3.63, 3.8) is 0 Å². The van der Waals surface area contributed by atoms with Gasteiger partial charge in [-0.1, -0.05) is 20.8 Å². The summed E-state index contributed by atoms with van der Waals surface area (Å²) in [4.78, 5) is 2.39. The first-order valence-electron chi connectivity index (χ1n) is 6.87. The second-order valence-electron chi connectivity index (χ2n) is 5.87. The van der Waals surface area contributed by atoms with E-state index in [1.807, 2.05) is 0 Å². The van der Waals surface area contributed by atoms with Gasteiger partial charge in [0.25, 0.3) is 0 Å². The van der Waals surface area contributed by atoms with Crippen LogP contribution in [0.1, 0.15) is 53.4 Å². The van der Waals surface area contributed by atoms with E-state index >= 15 is 0 Å². The summed E-state index contributed by atoms with van der Waals surface area (Å²) in [6.45, 7) is 9.09. The second kappa shape index (κ2) is 6.02. The molecule has 0 heterocycles. The lowest BCUT2D eigenvalue weighted by Crippen LogP contribution is -2.49. The summed E-state index contributed by atoms with van der Waals surface area (Å²) in [6.07, 6.45) is 4.39. The average Bonchev–Trinajstić information content (AvgIpc) is 2.27. The Bertz CT molecular complexity index is 205. The Hall–Kier alpha value is -0.0800. The molecule has 4 unspecified atom stereocenters. The first-order chi connectivity index (χ1) is 7.47. The predicted molar refractivity (Wildman–Crippen MR) is 69.5 cm³/mol. The van der Waals surface area contributed by atoms with Gasteiger partial charge in [-0.25, -0.2) is 0 Å². The summed E-state index contributed by atoms with van der Waals surface area (Å²) in [7, 11) is 2.17. The smallest absolute Gasteiger partial charge is 0.0695 e. The fourth-order valence-corrected chi connectivity index (χ4v) is 2.82. The summed E-state index contributed by atoms with van der Waals surface area (Å²) in [5, 5.41) is 10.1. The molecule has 1 saturated carbocycles. The molecule has 0 amide bonds. The van der Waals surface area contributed by atoms with Crippen LogP contribution < -0.4 is 0 Å². The zero-order valence-corrected chi connectivity index (χ0v) is 11.6. The van der Waals surface area contributed by atoms with Gasteiger partial charge in [0, 0.05) is 12.1 Å². The van der Waals surface area contributed by atoms with Crippen molar-refractivity contribution >= 4 is 0 Å². The van der Waals surface area contributed by atoms with Crippen molar-refractivity contribution in [2.24, 2.45) is 11.8 Å². The topological polar surface area (TPSA) is 23.5 Å². The van der Waals surface area contributed by atoms with Crippen molar-refractivity contribution < 1.29 is 5.11 Å². The SMILES string of the molecule is CCC(C)N(C)C1CC(C(C)C)CCC1O. The zero-order valence-electron chi connectivity index (χ0n) is 11.6. The van der Waals surface area contributed by atoms with E-state index in [1.54, 1.807) is 0 Å². The molecule has 0 radical (unpaired) electrons. The van der Waals surface area contributed by atoms with Crippen LogP contribution in [-0.2, 0) is 0 Å². The van der Waals surface area contributed by atoms with E-state index < -0.39 is 0 Å². The quantitative estimate of drug-likeness (QED) is 0.798. The van der Waals surface area contributed by atoms with E-state index in [9.17, 15) is 5.11 Å². The third-order valence-corrected chi connectivity index (χ3v) is 4.57. The Labute approximate surface area is 101 Å². The number of likely N-dealkylation sites (N-methyl/N-ethyl adjacent to an activating group) is 1. The second-order valence-corrected chi connectivity index (χ2v) is 5.87. The lowest BCUT2D eigenvalue weighted by Gasteiger charge is -2.42. The molecule has 0 aliphatic heterocycles. The largest absolute Gasteiger partial charge is 0.391 e. The summed E-state index contributed by atoms with van der Waals surface area (Å²) in [6, 6.07) is 0.946. The third-order valence-electron chi connectivity index (χ3n) is 4.57. The van der Waals surface area contributed by atoms with E-state index in [2.05, 4.69) is 39.6 Å². The normalized spacial score (nSPS) is 33.4. The van der Waals surface area contributed by atoms with Crippen LogP contribution in [-0.4, -0.2) is 35.2 Å². The lowest BCUT2D eigenvalue weighted by molar-refractivity contribution is -0.00823. The van der Waals surface area contributed by atoms with Gasteiger partial charge in [-0.2, -0.15) is 0 Å². The van der Waals surface area contributed by atoms with Gasteiger partial charge in [0.15, 0.2) is 0 Å².